The van der Waals surface area contributed by atoms with E-state index in [0.717, 1.165) is 6.42 Å². The third-order valence-electron chi connectivity index (χ3n) is 2.04. The molecule has 0 saturated carbocycles. The lowest BCUT2D eigenvalue weighted by Crippen LogP contribution is -2.00. The van der Waals surface area contributed by atoms with Gasteiger partial charge in [0.1, 0.15) is 0 Å². The molecule has 1 rings (SSSR count). The first-order valence-electron chi connectivity index (χ1n) is 5.09. The molecule has 2 heteroatoms. The van der Waals surface area contributed by atoms with Crippen LogP contribution in [0.25, 0.3) is 6.08 Å². The van der Waals surface area contributed by atoms with Gasteiger partial charge in [0.25, 0.3) is 0 Å². The molecular weight excluding hydrogens is 176 g/mol. The Bertz CT molecular complexity index is 336. The highest BCUT2D eigenvalue weighted by molar-refractivity contribution is 5.46. The molecule has 0 spiro atoms. The van der Waals surface area contributed by atoms with Crippen molar-refractivity contribution >= 4 is 6.08 Å². The van der Waals surface area contributed by atoms with Gasteiger partial charge in [0.05, 0.1) is 11.8 Å². The van der Waals surface area contributed by atoms with Crippen LogP contribution in [-0.4, -0.2) is 0 Å². The third kappa shape index (κ3) is 3.60. The van der Waals surface area contributed by atoms with E-state index in [4.69, 9.17) is 4.42 Å². The Morgan fingerprint density at radius 1 is 1.43 bits per heavy atom. The Kier molecular flexibility index (Phi) is 4.76. The molecule has 0 aliphatic carbocycles. The molecule has 1 aromatic heterocycles. The molecule has 14 heavy (non-hydrogen) atoms. The highest BCUT2D eigenvalue weighted by Crippen LogP contribution is 2.02. The molecule has 1 aromatic rings. The lowest BCUT2D eigenvalue weighted by Gasteiger charge is -1.92. The Morgan fingerprint density at radius 3 is 3.00 bits per heavy atom. The summed E-state index contributed by atoms with van der Waals surface area (Å²) in [5.41, 5.74) is 0.364. The maximum atomic E-state index is 11.1. The standard InChI is InChI=1S/C12H16O2/c1-2-3-4-5-6-8-11-9-7-10-14-12(11)13/h6-10H,2-5H2,1H3. The van der Waals surface area contributed by atoms with Crippen LogP contribution in [0.3, 0.4) is 0 Å². The Hall–Kier alpha value is -1.31. The summed E-state index contributed by atoms with van der Waals surface area (Å²) in [5, 5.41) is 0. The van der Waals surface area contributed by atoms with Gasteiger partial charge in [-0.3, -0.25) is 0 Å². The molecule has 0 N–H and O–H groups in total. The molecule has 0 bridgehead atoms. The number of rotatable bonds is 5. The molecular formula is C12H16O2. The molecule has 1 heterocycles. The minimum Gasteiger partial charge on any atom is -0.431 e. The normalized spacial score (nSPS) is 10.9. The summed E-state index contributed by atoms with van der Waals surface area (Å²) < 4.78 is 4.73. The van der Waals surface area contributed by atoms with Gasteiger partial charge in [-0.2, -0.15) is 0 Å². The van der Waals surface area contributed by atoms with Crippen molar-refractivity contribution in [3.8, 4) is 0 Å². The third-order valence-corrected chi connectivity index (χ3v) is 2.04. The summed E-state index contributed by atoms with van der Waals surface area (Å²) in [6.45, 7) is 2.18. The van der Waals surface area contributed by atoms with Crippen molar-refractivity contribution in [2.45, 2.75) is 32.6 Å². The quantitative estimate of drug-likeness (QED) is 0.670. The van der Waals surface area contributed by atoms with E-state index in [1.165, 1.54) is 25.5 Å². The van der Waals surface area contributed by atoms with E-state index >= 15 is 0 Å². The van der Waals surface area contributed by atoms with Crippen molar-refractivity contribution in [2.24, 2.45) is 0 Å². The fraction of sp³-hybridized carbons (Fsp3) is 0.417. The van der Waals surface area contributed by atoms with E-state index in [-0.39, 0.29) is 5.63 Å². The van der Waals surface area contributed by atoms with E-state index in [2.05, 4.69) is 6.92 Å². The van der Waals surface area contributed by atoms with E-state index < -0.39 is 0 Å². The van der Waals surface area contributed by atoms with E-state index in [1.807, 2.05) is 12.2 Å². The molecule has 0 aromatic carbocycles. The first-order valence-corrected chi connectivity index (χ1v) is 5.09. The van der Waals surface area contributed by atoms with Crippen LogP contribution in [0.1, 0.15) is 38.2 Å². The summed E-state index contributed by atoms with van der Waals surface area (Å²) in [4.78, 5) is 11.1. The van der Waals surface area contributed by atoms with Crippen LogP contribution in [0, 0.1) is 0 Å². The SMILES string of the molecule is CCCCCC=Cc1cccoc1=O. The molecule has 0 amide bonds. The molecule has 0 unspecified atom stereocenters. The van der Waals surface area contributed by atoms with Crippen molar-refractivity contribution in [3.63, 3.8) is 0 Å². The molecule has 76 valence electrons. The Balaban J connectivity index is 2.44. The zero-order chi connectivity index (χ0) is 10.2. The predicted molar refractivity (Wildman–Crippen MR) is 58.2 cm³/mol. The molecule has 0 atom stereocenters. The fourth-order valence-electron chi connectivity index (χ4n) is 1.23. The van der Waals surface area contributed by atoms with Gasteiger partial charge in [0.15, 0.2) is 0 Å². The fourth-order valence-corrected chi connectivity index (χ4v) is 1.23. The van der Waals surface area contributed by atoms with Crippen LogP contribution < -0.4 is 5.63 Å². The number of hydrogen-bond donors (Lipinski definition) is 0. The second-order valence-electron chi connectivity index (χ2n) is 3.25. The molecule has 0 aliphatic heterocycles. The second kappa shape index (κ2) is 6.19. The van der Waals surface area contributed by atoms with Gasteiger partial charge in [-0.15, -0.1) is 0 Å². The van der Waals surface area contributed by atoms with E-state index in [1.54, 1.807) is 12.1 Å². The van der Waals surface area contributed by atoms with Crippen LogP contribution in [-0.2, 0) is 0 Å². The van der Waals surface area contributed by atoms with Crippen LogP contribution in [0.2, 0.25) is 0 Å². The zero-order valence-corrected chi connectivity index (χ0v) is 8.53. The number of allylic oxidation sites excluding steroid dienone is 1. The van der Waals surface area contributed by atoms with E-state index in [0.29, 0.717) is 5.56 Å². The largest absolute Gasteiger partial charge is 0.431 e. The zero-order valence-electron chi connectivity index (χ0n) is 8.53. The van der Waals surface area contributed by atoms with Crippen molar-refractivity contribution in [1.29, 1.82) is 0 Å². The lowest BCUT2D eigenvalue weighted by molar-refractivity contribution is 0.509. The van der Waals surface area contributed by atoms with Gasteiger partial charge in [-0.1, -0.05) is 31.9 Å². The van der Waals surface area contributed by atoms with Gasteiger partial charge < -0.3 is 4.42 Å². The maximum Gasteiger partial charge on any atom is 0.342 e. The minimum absolute atomic E-state index is 0.265. The summed E-state index contributed by atoms with van der Waals surface area (Å²) in [5.74, 6) is 0. The second-order valence-corrected chi connectivity index (χ2v) is 3.25. The number of unbranched alkanes of at least 4 members (excludes halogenated alkanes) is 3. The topological polar surface area (TPSA) is 30.2 Å². The Labute approximate surface area is 84.3 Å². The summed E-state index contributed by atoms with van der Waals surface area (Å²) in [6, 6.07) is 3.50. The minimum atomic E-state index is -0.265. The first kappa shape index (κ1) is 10.8. The Morgan fingerprint density at radius 2 is 2.29 bits per heavy atom. The average molecular weight is 192 g/mol. The molecule has 0 fully saturated rings. The molecule has 0 radical (unpaired) electrons. The maximum absolute atomic E-state index is 11.1. The van der Waals surface area contributed by atoms with Crippen LogP contribution in [0.4, 0.5) is 0 Å². The molecule has 0 saturated heterocycles. The summed E-state index contributed by atoms with van der Waals surface area (Å²) in [7, 11) is 0. The van der Waals surface area contributed by atoms with Gasteiger partial charge in [-0.05, 0) is 25.0 Å². The smallest absolute Gasteiger partial charge is 0.342 e. The monoisotopic (exact) mass is 192 g/mol. The average Bonchev–Trinajstić information content (AvgIpc) is 2.20. The van der Waals surface area contributed by atoms with Crippen LogP contribution in [0.5, 0.6) is 0 Å². The highest BCUT2D eigenvalue weighted by Gasteiger charge is 1.92. The van der Waals surface area contributed by atoms with Gasteiger partial charge >= 0.3 is 5.63 Å². The van der Waals surface area contributed by atoms with Gasteiger partial charge in [0.2, 0.25) is 0 Å². The van der Waals surface area contributed by atoms with Gasteiger partial charge in [-0.25, -0.2) is 4.79 Å². The highest BCUT2D eigenvalue weighted by atomic mass is 16.4. The first-order chi connectivity index (χ1) is 6.84. The van der Waals surface area contributed by atoms with Crippen molar-refractivity contribution < 1.29 is 4.42 Å². The summed E-state index contributed by atoms with van der Waals surface area (Å²) in [6.07, 6.45) is 9.95. The lowest BCUT2D eigenvalue weighted by atomic mass is 10.2. The predicted octanol–water partition coefficient (Wildman–Crippen LogP) is 3.23. The van der Waals surface area contributed by atoms with Gasteiger partial charge in [0, 0.05) is 0 Å². The number of hydrogen-bond acceptors (Lipinski definition) is 2. The molecule has 0 aliphatic rings. The van der Waals surface area contributed by atoms with Crippen molar-refractivity contribution in [1.82, 2.24) is 0 Å². The van der Waals surface area contributed by atoms with Crippen LogP contribution >= 0.6 is 0 Å². The summed E-state index contributed by atoms with van der Waals surface area (Å²) >= 11 is 0. The molecule has 2 nitrogen and oxygen atoms in total. The van der Waals surface area contributed by atoms with Crippen LogP contribution in [0.15, 0.2) is 33.7 Å². The van der Waals surface area contributed by atoms with Crippen molar-refractivity contribution in [2.75, 3.05) is 0 Å². The van der Waals surface area contributed by atoms with Crippen molar-refractivity contribution in [3.05, 3.63) is 40.5 Å². The van der Waals surface area contributed by atoms with E-state index in [9.17, 15) is 4.79 Å².